The summed E-state index contributed by atoms with van der Waals surface area (Å²) in [4.78, 5) is 10.5. The van der Waals surface area contributed by atoms with Crippen molar-refractivity contribution in [1.29, 1.82) is 0 Å². The summed E-state index contributed by atoms with van der Waals surface area (Å²) in [6.45, 7) is 2.97. The number of nitrogens with zero attached hydrogens (tertiary/aromatic N) is 4. The largest absolute Gasteiger partial charge is 0.395 e. The number of pyridine rings is 1. The molecule has 1 unspecified atom stereocenters. The number of benzene rings is 1. The molecule has 0 radical (unpaired) electrons. The maximum atomic E-state index is 9.78. The van der Waals surface area contributed by atoms with E-state index in [0.717, 1.165) is 17.5 Å². The van der Waals surface area contributed by atoms with Gasteiger partial charge in [0.15, 0.2) is 0 Å². The summed E-state index contributed by atoms with van der Waals surface area (Å²) in [5.74, 6) is 0.979. The van der Waals surface area contributed by atoms with Crippen molar-refractivity contribution < 1.29 is 9.63 Å². The highest BCUT2D eigenvalue weighted by molar-refractivity contribution is 6.35. The van der Waals surface area contributed by atoms with Crippen LogP contribution in [0.15, 0.2) is 47.2 Å². The maximum Gasteiger partial charge on any atom is 0.241 e. The van der Waals surface area contributed by atoms with Crippen molar-refractivity contribution in [2.24, 2.45) is 0 Å². The molecule has 3 rings (SSSR count). The van der Waals surface area contributed by atoms with E-state index in [1.54, 1.807) is 24.5 Å². The lowest BCUT2D eigenvalue weighted by molar-refractivity contribution is 0.0958. The van der Waals surface area contributed by atoms with Gasteiger partial charge < -0.3 is 9.63 Å². The first kappa shape index (κ1) is 19.8. The molecule has 1 N–H and O–H groups in total. The van der Waals surface area contributed by atoms with Gasteiger partial charge in [-0.25, -0.2) is 0 Å². The molecule has 1 aromatic carbocycles. The Hall–Kier alpha value is -1.99. The fourth-order valence-corrected chi connectivity index (χ4v) is 3.26. The van der Waals surface area contributed by atoms with Gasteiger partial charge in [0.1, 0.15) is 0 Å². The van der Waals surface area contributed by atoms with Crippen LogP contribution in [0.4, 0.5) is 0 Å². The van der Waals surface area contributed by atoms with Crippen LogP contribution in [0.3, 0.4) is 0 Å². The standard InChI is InChI=1S/C19H20Cl2N4O2/c1-2-16(12-26)25(10-14-3-4-15(20)9-17(14)21)11-18-23-19(24-27-18)13-5-7-22-8-6-13/h3-9,16,26H,2,10-12H2,1H3. The second kappa shape index (κ2) is 9.28. The van der Waals surface area contributed by atoms with Gasteiger partial charge in [-0.3, -0.25) is 9.88 Å². The van der Waals surface area contributed by atoms with Crippen LogP contribution in [0.1, 0.15) is 24.8 Å². The molecular weight excluding hydrogens is 387 g/mol. The number of hydrogen-bond donors (Lipinski definition) is 1. The van der Waals surface area contributed by atoms with Crippen LogP contribution in [0, 0.1) is 0 Å². The van der Waals surface area contributed by atoms with Crippen LogP contribution < -0.4 is 0 Å². The lowest BCUT2D eigenvalue weighted by atomic mass is 10.1. The van der Waals surface area contributed by atoms with Crippen molar-refractivity contribution in [3.8, 4) is 11.4 Å². The summed E-state index contributed by atoms with van der Waals surface area (Å²) in [6.07, 6.45) is 4.13. The molecule has 142 valence electrons. The average molecular weight is 407 g/mol. The van der Waals surface area contributed by atoms with E-state index in [1.165, 1.54) is 0 Å². The predicted molar refractivity (Wildman–Crippen MR) is 104 cm³/mol. The molecule has 27 heavy (non-hydrogen) atoms. The van der Waals surface area contributed by atoms with Gasteiger partial charge in [-0.15, -0.1) is 0 Å². The lowest BCUT2D eigenvalue weighted by Gasteiger charge is -2.28. The van der Waals surface area contributed by atoms with Crippen molar-refractivity contribution in [1.82, 2.24) is 20.0 Å². The smallest absolute Gasteiger partial charge is 0.241 e. The molecular formula is C19H20Cl2N4O2. The molecule has 0 saturated heterocycles. The summed E-state index contributed by atoms with van der Waals surface area (Å²) in [7, 11) is 0. The van der Waals surface area contributed by atoms with E-state index in [0.29, 0.717) is 34.8 Å². The van der Waals surface area contributed by atoms with E-state index in [-0.39, 0.29) is 12.6 Å². The van der Waals surface area contributed by atoms with Crippen molar-refractivity contribution in [3.05, 3.63) is 64.2 Å². The first-order chi connectivity index (χ1) is 13.1. The SMILES string of the molecule is CCC(CO)N(Cc1nc(-c2ccncc2)no1)Cc1ccc(Cl)cc1Cl. The first-order valence-corrected chi connectivity index (χ1v) is 9.38. The third-order valence-corrected chi connectivity index (χ3v) is 4.92. The zero-order valence-electron chi connectivity index (χ0n) is 14.8. The van der Waals surface area contributed by atoms with Gasteiger partial charge in [0.05, 0.1) is 13.2 Å². The Labute approximate surface area is 167 Å². The van der Waals surface area contributed by atoms with E-state index < -0.39 is 0 Å². The topological polar surface area (TPSA) is 75.3 Å². The van der Waals surface area contributed by atoms with Crippen molar-refractivity contribution in [2.45, 2.75) is 32.5 Å². The van der Waals surface area contributed by atoms with E-state index in [9.17, 15) is 5.11 Å². The van der Waals surface area contributed by atoms with Gasteiger partial charge in [-0.2, -0.15) is 4.98 Å². The maximum absolute atomic E-state index is 9.78. The summed E-state index contributed by atoms with van der Waals surface area (Å²) in [6, 6.07) is 8.98. The molecule has 0 bridgehead atoms. The number of aliphatic hydroxyl groups excluding tert-OH is 1. The Balaban J connectivity index is 1.80. The molecule has 3 aromatic rings. The molecule has 0 aliphatic carbocycles. The molecule has 6 nitrogen and oxygen atoms in total. The molecule has 8 heteroatoms. The normalized spacial score (nSPS) is 12.5. The highest BCUT2D eigenvalue weighted by Crippen LogP contribution is 2.24. The molecule has 2 aromatic heterocycles. The number of rotatable bonds is 8. The molecule has 1 atom stereocenters. The monoisotopic (exact) mass is 406 g/mol. The van der Waals surface area contributed by atoms with Crippen LogP contribution in [-0.2, 0) is 13.1 Å². The van der Waals surface area contributed by atoms with Crippen molar-refractivity contribution in [3.63, 3.8) is 0 Å². The van der Waals surface area contributed by atoms with Gasteiger partial charge in [-0.1, -0.05) is 41.3 Å². The van der Waals surface area contributed by atoms with E-state index >= 15 is 0 Å². The minimum Gasteiger partial charge on any atom is -0.395 e. The highest BCUT2D eigenvalue weighted by atomic mass is 35.5. The zero-order valence-corrected chi connectivity index (χ0v) is 16.4. The van der Waals surface area contributed by atoms with Gasteiger partial charge in [0.25, 0.3) is 0 Å². The lowest BCUT2D eigenvalue weighted by Crippen LogP contribution is -2.36. The second-order valence-corrected chi connectivity index (χ2v) is 6.98. The number of aliphatic hydroxyl groups is 1. The number of aromatic nitrogens is 3. The first-order valence-electron chi connectivity index (χ1n) is 8.62. The van der Waals surface area contributed by atoms with Crippen LogP contribution in [0.5, 0.6) is 0 Å². The highest BCUT2D eigenvalue weighted by Gasteiger charge is 2.21. The molecule has 2 heterocycles. The van der Waals surface area contributed by atoms with E-state index in [2.05, 4.69) is 20.0 Å². The molecule has 0 amide bonds. The summed E-state index contributed by atoms with van der Waals surface area (Å²) in [5.41, 5.74) is 1.75. The quantitative estimate of drug-likeness (QED) is 0.603. The molecule has 0 aliphatic rings. The molecule has 0 fully saturated rings. The Bertz CT molecular complexity index is 869. The number of hydrogen-bond acceptors (Lipinski definition) is 6. The second-order valence-electron chi connectivity index (χ2n) is 6.13. The molecule has 0 spiro atoms. The van der Waals surface area contributed by atoms with E-state index in [1.807, 2.05) is 25.1 Å². The fourth-order valence-electron chi connectivity index (χ4n) is 2.80. The Morgan fingerprint density at radius 1 is 1.15 bits per heavy atom. The average Bonchev–Trinajstić information content (AvgIpc) is 3.14. The molecule has 0 saturated carbocycles. The van der Waals surface area contributed by atoms with Crippen molar-refractivity contribution >= 4 is 23.2 Å². The van der Waals surface area contributed by atoms with Crippen LogP contribution in [0.25, 0.3) is 11.4 Å². The minimum atomic E-state index is -0.0620. The third-order valence-electron chi connectivity index (χ3n) is 4.33. The van der Waals surface area contributed by atoms with E-state index in [4.69, 9.17) is 27.7 Å². The Morgan fingerprint density at radius 3 is 2.59 bits per heavy atom. The minimum absolute atomic E-state index is 0.0209. The number of halogens is 2. The predicted octanol–water partition coefficient (Wildman–Crippen LogP) is 4.21. The Kier molecular flexibility index (Phi) is 6.79. The van der Waals surface area contributed by atoms with Gasteiger partial charge >= 0.3 is 0 Å². The van der Waals surface area contributed by atoms with Gasteiger partial charge in [-0.05, 0) is 36.2 Å². The molecule has 0 aliphatic heterocycles. The summed E-state index contributed by atoms with van der Waals surface area (Å²) >= 11 is 12.3. The fraction of sp³-hybridized carbons (Fsp3) is 0.316. The van der Waals surface area contributed by atoms with Gasteiger partial charge in [0.2, 0.25) is 11.7 Å². The van der Waals surface area contributed by atoms with Crippen LogP contribution in [0.2, 0.25) is 10.0 Å². The van der Waals surface area contributed by atoms with Gasteiger partial charge in [0, 0.05) is 40.6 Å². The third kappa shape index (κ3) is 5.05. The van der Waals surface area contributed by atoms with Crippen LogP contribution >= 0.6 is 23.2 Å². The summed E-state index contributed by atoms with van der Waals surface area (Å²) in [5, 5.41) is 15.0. The van der Waals surface area contributed by atoms with Crippen molar-refractivity contribution in [2.75, 3.05) is 6.61 Å². The Morgan fingerprint density at radius 2 is 1.93 bits per heavy atom. The van der Waals surface area contributed by atoms with Crippen LogP contribution in [-0.4, -0.2) is 37.8 Å². The summed E-state index contributed by atoms with van der Waals surface area (Å²) < 4.78 is 5.42. The zero-order chi connectivity index (χ0) is 19.2.